The molecule has 2 nitrogen and oxygen atoms in total. The van der Waals surface area contributed by atoms with Crippen LogP contribution in [-0.4, -0.2) is 23.8 Å². The first-order chi connectivity index (χ1) is 8.06. The van der Waals surface area contributed by atoms with Crippen LogP contribution in [-0.2, 0) is 9.53 Å². The van der Waals surface area contributed by atoms with Gasteiger partial charge < -0.3 is 4.74 Å². The van der Waals surface area contributed by atoms with Crippen molar-refractivity contribution in [2.45, 2.75) is 69.0 Å². The molecule has 0 aliphatic rings. The lowest BCUT2D eigenvalue weighted by molar-refractivity contribution is -0.140. The Morgan fingerprint density at radius 2 is 1.65 bits per heavy atom. The lowest BCUT2D eigenvalue weighted by Crippen LogP contribution is -2.05. The maximum Gasteiger partial charge on any atom is 0.305 e. The summed E-state index contributed by atoms with van der Waals surface area (Å²) in [5.74, 6) is -0.174. The Morgan fingerprint density at radius 3 is 2.18 bits per heavy atom. The van der Waals surface area contributed by atoms with Gasteiger partial charge in [-0.2, -0.15) is 0 Å². The van der Waals surface area contributed by atoms with Gasteiger partial charge in [-0.15, -0.1) is 23.2 Å². The van der Waals surface area contributed by atoms with Crippen LogP contribution in [0, 0.1) is 0 Å². The molecular formula is C13H24Cl2O2. The number of halogens is 2. The van der Waals surface area contributed by atoms with E-state index in [1.54, 1.807) is 0 Å². The minimum Gasteiger partial charge on any atom is -0.469 e. The Hall–Kier alpha value is 0.0500. The average Bonchev–Trinajstić information content (AvgIpc) is 2.30. The predicted molar refractivity (Wildman–Crippen MR) is 73.9 cm³/mol. The Balaban J connectivity index is 3.27. The maximum absolute atomic E-state index is 10.9. The summed E-state index contributed by atoms with van der Waals surface area (Å²) in [6, 6.07) is 0. The van der Waals surface area contributed by atoms with Crippen LogP contribution in [0.5, 0.6) is 0 Å². The van der Waals surface area contributed by atoms with Gasteiger partial charge in [-0.1, -0.05) is 25.7 Å². The third-order valence-corrected chi connectivity index (χ3v) is 3.41. The fraction of sp³-hybridized carbons (Fsp3) is 0.923. The second-order valence-corrected chi connectivity index (χ2v) is 5.85. The number of carbonyl (C=O) groups is 1. The highest BCUT2D eigenvalue weighted by Crippen LogP contribution is 2.16. The number of esters is 1. The van der Waals surface area contributed by atoms with Gasteiger partial charge in [-0.25, -0.2) is 0 Å². The molecule has 2 unspecified atom stereocenters. The molecule has 0 aromatic rings. The van der Waals surface area contributed by atoms with Crippen LogP contribution in [0.3, 0.4) is 0 Å². The van der Waals surface area contributed by atoms with E-state index in [9.17, 15) is 4.79 Å². The van der Waals surface area contributed by atoms with Crippen LogP contribution in [0.2, 0.25) is 0 Å². The fourth-order valence-electron chi connectivity index (χ4n) is 1.67. The summed E-state index contributed by atoms with van der Waals surface area (Å²) in [4.78, 5) is 10.9. The second kappa shape index (κ2) is 11.2. The molecule has 0 amide bonds. The van der Waals surface area contributed by atoms with E-state index < -0.39 is 0 Å². The van der Waals surface area contributed by atoms with Crippen LogP contribution in [0.15, 0.2) is 0 Å². The SMILES string of the molecule is COC(=O)CCC(Cl)CCCCCCC(C)Cl. The van der Waals surface area contributed by atoms with Crippen molar-refractivity contribution in [2.75, 3.05) is 7.11 Å². The molecule has 0 saturated carbocycles. The van der Waals surface area contributed by atoms with Crippen molar-refractivity contribution in [3.05, 3.63) is 0 Å². The van der Waals surface area contributed by atoms with Gasteiger partial charge in [-0.05, 0) is 26.2 Å². The highest BCUT2D eigenvalue weighted by molar-refractivity contribution is 6.20. The van der Waals surface area contributed by atoms with Gasteiger partial charge in [-0.3, -0.25) is 4.79 Å². The molecule has 4 heteroatoms. The fourth-order valence-corrected chi connectivity index (χ4v) is 2.08. The molecule has 102 valence electrons. The average molecular weight is 283 g/mol. The van der Waals surface area contributed by atoms with E-state index in [0.29, 0.717) is 12.8 Å². The third kappa shape index (κ3) is 12.3. The minimum atomic E-state index is -0.174. The molecule has 0 aliphatic carbocycles. The summed E-state index contributed by atoms with van der Waals surface area (Å²) in [7, 11) is 1.41. The molecule has 0 rings (SSSR count). The van der Waals surface area contributed by atoms with E-state index in [4.69, 9.17) is 23.2 Å². The van der Waals surface area contributed by atoms with Crippen molar-refractivity contribution in [3.8, 4) is 0 Å². The highest BCUT2D eigenvalue weighted by atomic mass is 35.5. The van der Waals surface area contributed by atoms with Crippen LogP contribution in [0.25, 0.3) is 0 Å². The third-order valence-electron chi connectivity index (χ3n) is 2.76. The Morgan fingerprint density at radius 1 is 1.06 bits per heavy atom. The van der Waals surface area contributed by atoms with Crippen LogP contribution < -0.4 is 0 Å². The monoisotopic (exact) mass is 282 g/mol. The molecule has 0 aromatic heterocycles. The summed E-state index contributed by atoms with van der Waals surface area (Å²) in [5, 5.41) is 0.386. The van der Waals surface area contributed by atoms with E-state index in [-0.39, 0.29) is 16.7 Å². The van der Waals surface area contributed by atoms with Gasteiger partial charge in [0.2, 0.25) is 0 Å². The van der Waals surface area contributed by atoms with Crippen molar-refractivity contribution in [1.82, 2.24) is 0 Å². The molecular weight excluding hydrogens is 259 g/mol. The zero-order valence-corrected chi connectivity index (χ0v) is 12.4. The van der Waals surface area contributed by atoms with Crippen molar-refractivity contribution in [3.63, 3.8) is 0 Å². The molecule has 2 atom stereocenters. The molecule has 0 aliphatic heterocycles. The second-order valence-electron chi connectivity index (χ2n) is 4.48. The summed E-state index contributed by atoms with van der Waals surface area (Å²) in [5.41, 5.74) is 0. The normalized spacial score (nSPS) is 14.4. The molecule has 0 spiro atoms. The van der Waals surface area contributed by atoms with E-state index >= 15 is 0 Å². The minimum absolute atomic E-state index is 0.0982. The van der Waals surface area contributed by atoms with Gasteiger partial charge in [0.25, 0.3) is 0 Å². The van der Waals surface area contributed by atoms with Gasteiger partial charge in [0.05, 0.1) is 7.11 Å². The zero-order valence-electron chi connectivity index (χ0n) is 10.9. The summed E-state index contributed by atoms with van der Waals surface area (Å²) in [6.07, 6.45) is 7.96. The first-order valence-electron chi connectivity index (χ1n) is 6.41. The molecule has 0 heterocycles. The molecule has 0 bridgehead atoms. The largest absolute Gasteiger partial charge is 0.469 e. The molecule has 0 N–H and O–H groups in total. The first-order valence-corrected chi connectivity index (χ1v) is 7.28. The first kappa shape index (κ1) is 17.1. The number of unbranched alkanes of at least 4 members (excludes halogenated alkanes) is 3. The van der Waals surface area contributed by atoms with E-state index in [1.165, 1.54) is 26.4 Å². The molecule has 0 fully saturated rings. The summed E-state index contributed by atoms with van der Waals surface area (Å²) >= 11 is 12.0. The Bertz CT molecular complexity index is 196. The summed E-state index contributed by atoms with van der Waals surface area (Å²) in [6.45, 7) is 2.03. The molecule has 0 saturated heterocycles. The number of hydrogen-bond acceptors (Lipinski definition) is 2. The van der Waals surface area contributed by atoms with Gasteiger partial charge in [0.1, 0.15) is 0 Å². The van der Waals surface area contributed by atoms with Crippen LogP contribution in [0.4, 0.5) is 0 Å². The molecule has 0 aromatic carbocycles. The topological polar surface area (TPSA) is 26.3 Å². The quantitative estimate of drug-likeness (QED) is 0.335. The van der Waals surface area contributed by atoms with Crippen molar-refractivity contribution >= 4 is 29.2 Å². The Labute approximate surface area is 115 Å². The number of ether oxygens (including phenoxy) is 1. The number of rotatable bonds is 10. The van der Waals surface area contributed by atoms with Crippen LogP contribution in [0.1, 0.15) is 58.3 Å². The van der Waals surface area contributed by atoms with Crippen LogP contribution >= 0.6 is 23.2 Å². The van der Waals surface area contributed by atoms with E-state index in [1.807, 2.05) is 6.92 Å². The molecule has 0 radical (unpaired) electrons. The van der Waals surface area contributed by atoms with Crippen molar-refractivity contribution in [2.24, 2.45) is 0 Å². The van der Waals surface area contributed by atoms with Gasteiger partial charge in [0, 0.05) is 17.2 Å². The van der Waals surface area contributed by atoms with Crippen molar-refractivity contribution < 1.29 is 9.53 Å². The summed E-state index contributed by atoms with van der Waals surface area (Å²) < 4.78 is 4.57. The zero-order chi connectivity index (χ0) is 13.1. The number of hydrogen-bond donors (Lipinski definition) is 0. The standard InChI is InChI=1S/C13H24Cl2O2/c1-11(14)7-5-3-4-6-8-12(15)9-10-13(16)17-2/h11-12H,3-10H2,1-2H3. The van der Waals surface area contributed by atoms with Crippen molar-refractivity contribution in [1.29, 1.82) is 0 Å². The van der Waals surface area contributed by atoms with Gasteiger partial charge >= 0.3 is 5.97 Å². The smallest absolute Gasteiger partial charge is 0.305 e. The van der Waals surface area contributed by atoms with E-state index in [2.05, 4.69) is 4.74 Å². The maximum atomic E-state index is 10.9. The number of methoxy groups -OCH3 is 1. The number of carbonyl (C=O) groups excluding carboxylic acids is 1. The van der Waals surface area contributed by atoms with E-state index in [0.717, 1.165) is 19.3 Å². The lowest BCUT2D eigenvalue weighted by atomic mass is 10.1. The highest BCUT2D eigenvalue weighted by Gasteiger charge is 2.08. The predicted octanol–water partition coefficient (Wildman–Crippen LogP) is 4.51. The lowest BCUT2D eigenvalue weighted by Gasteiger charge is -2.08. The Kier molecular flexibility index (Phi) is 11.2. The van der Waals surface area contributed by atoms with Gasteiger partial charge in [0.15, 0.2) is 0 Å². The molecule has 17 heavy (non-hydrogen) atoms. The number of alkyl halides is 2.